The van der Waals surface area contributed by atoms with E-state index in [9.17, 15) is 0 Å². The molecule has 0 bridgehead atoms. The van der Waals surface area contributed by atoms with Crippen LogP contribution in [0.5, 0.6) is 0 Å². The first-order chi connectivity index (χ1) is 28.9. The van der Waals surface area contributed by atoms with Gasteiger partial charge >= 0.3 is 35.2 Å². The molecule has 4 heterocycles. The third-order valence-corrected chi connectivity index (χ3v) is 21.5. The van der Waals surface area contributed by atoms with Gasteiger partial charge in [0.1, 0.15) is 0 Å². The minimum Gasteiger partial charge on any atom is -0.377 e. The summed E-state index contributed by atoms with van der Waals surface area (Å²) >= 11 is 0. The number of hydrogen-bond donors (Lipinski definition) is 0. The van der Waals surface area contributed by atoms with E-state index in [1.165, 1.54) is 5.56 Å². The summed E-state index contributed by atoms with van der Waals surface area (Å²) in [4.78, 5) is 16.5. The third-order valence-electron chi connectivity index (χ3n) is 9.85. The van der Waals surface area contributed by atoms with Crippen LogP contribution in [0.3, 0.4) is 0 Å². The average Bonchev–Trinajstić information content (AvgIpc) is 3.33. The summed E-state index contributed by atoms with van der Waals surface area (Å²) in [6.07, 6.45) is 12.3. The van der Waals surface area contributed by atoms with Crippen LogP contribution in [0.15, 0.2) is 97.8 Å². The van der Waals surface area contributed by atoms with Crippen molar-refractivity contribution in [2.24, 2.45) is 0 Å². The van der Waals surface area contributed by atoms with Gasteiger partial charge in [0.25, 0.3) is 0 Å². The van der Waals surface area contributed by atoms with Gasteiger partial charge in [0, 0.05) is 146 Å². The molecule has 60 heavy (non-hydrogen) atoms. The van der Waals surface area contributed by atoms with Gasteiger partial charge in [-0.3, -0.25) is 19.9 Å². The van der Waals surface area contributed by atoms with Crippen LogP contribution in [-0.4, -0.2) is 140 Å². The first-order valence-electron chi connectivity index (χ1n) is 19.1. The minimum absolute atomic E-state index is 0.0266. The fourth-order valence-corrected chi connectivity index (χ4v) is 13.7. The molecule has 0 saturated heterocycles. The molecule has 20 heteroatoms. The molecule has 2 unspecified atom stereocenters. The SMILES string of the molecule is CO[Si](CCc1ccccn1)(OC)OC.CO[Si](CCc1ccncc1)(OC)OC.CO[Si](OC)(OC)C(C)c1ccccn1.CO[Si](OC)(OC)C(C)c1ccncc1. The Kier molecular flexibility index (Phi) is 27.6. The lowest BCUT2D eigenvalue weighted by Gasteiger charge is -2.30. The van der Waals surface area contributed by atoms with Gasteiger partial charge in [-0.1, -0.05) is 26.0 Å². The minimum atomic E-state index is -2.62. The van der Waals surface area contributed by atoms with Gasteiger partial charge in [-0.2, -0.15) is 0 Å². The number of hydrogen-bond acceptors (Lipinski definition) is 16. The Bertz CT molecular complexity index is 1460. The van der Waals surface area contributed by atoms with Gasteiger partial charge < -0.3 is 53.1 Å². The second-order valence-electron chi connectivity index (χ2n) is 12.7. The number of aromatic nitrogens is 4. The summed E-state index contributed by atoms with van der Waals surface area (Å²) in [5.74, 6) is 0. The van der Waals surface area contributed by atoms with Crippen molar-refractivity contribution < 1.29 is 53.1 Å². The van der Waals surface area contributed by atoms with E-state index in [1.54, 1.807) is 122 Å². The molecule has 0 fully saturated rings. The van der Waals surface area contributed by atoms with Crippen molar-refractivity contribution in [3.8, 4) is 0 Å². The van der Waals surface area contributed by atoms with Crippen LogP contribution in [0, 0.1) is 0 Å². The second kappa shape index (κ2) is 30.1. The maximum Gasteiger partial charge on any atom is 0.509 e. The monoisotopic (exact) mass is 908 g/mol. The molecule has 4 aromatic heterocycles. The van der Waals surface area contributed by atoms with Crippen LogP contribution >= 0.6 is 0 Å². The molecule has 0 N–H and O–H groups in total. The molecule has 0 aliphatic carbocycles. The van der Waals surface area contributed by atoms with E-state index in [0.717, 1.165) is 41.9 Å². The maximum atomic E-state index is 5.43. The van der Waals surface area contributed by atoms with Crippen LogP contribution in [0.2, 0.25) is 12.1 Å². The molecular formula is C40H68N4O12Si4. The Balaban J connectivity index is 0.000000400. The normalized spacial score (nSPS) is 12.8. The first kappa shape index (κ1) is 55.0. The molecule has 4 rings (SSSR count). The largest absolute Gasteiger partial charge is 0.509 e. The van der Waals surface area contributed by atoms with Gasteiger partial charge in [-0.15, -0.1) is 0 Å². The first-order valence-corrected chi connectivity index (χ1v) is 26.6. The molecular weight excluding hydrogens is 841 g/mol. The molecule has 16 nitrogen and oxygen atoms in total. The molecule has 0 saturated carbocycles. The molecule has 2 atom stereocenters. The van der Waals surface area contributed by atoms with Crippen LogP contribution in [0.4, 0.5) is 0 Å². The predicted octanol–water partition coefficient (Wildman–Crippen LogP) is 6.21. The molecule has 0 radical (unpaired) electrons. The lowest BCUT2D eigenvalue weighted by molar-refractivity contribution is 0.113. The van der Waals surface area contributed by atoms with Crippen molar-refractivity contribution in [2.45, 2.75) is 49.9 Å². The van der Waals surface area contributed by atoms with E-state index in [4.69, 9.17) is 53.1 Å². The predicted molar refractivity (Wildman–Crippen MR) is 238 cm³/mol. The lowest BCUT2D eigenvalue weighted by atomic mass is 10.2. The van der Waals surface area contributed by atoms with Crippen molar-refractivity contribution in [1.29, 1.82) is 0 Å². The highest BCUT2D eigenvalue weighted by Gasteiger charge is 2.47. The van der Waals surface area contributed by atoms with Gasteiger partial charge in [0.2, 0.25) is 0 Å². The molecule has 4 aromatic rings. The Hall–Kier alpha value is -3.01. The van der Waals surface area contributed by atoms with E-state index in [-0.39, 0.29) is 11.1 Å². The van der Waals surface area contributed by atoms with E-state index in [0.29, 0.717) is 0 Å². The summed E-state index contributed by atoms with van der Waals surface area (Å²) < 4.78 is 64.5. The number of pyridine rings is 4. The van der Waals surface area contributed by atoms with Crippen molar-refractivity contribution in [3.05, 3.63) is 120 Å². The summed E-state index contributed by atoms with van der Waals surface area (Å²) in [6.45, 7) is 4.04. The number of nitrogens with zero attached hydrogens (tertiary/aromatic N) is 4. The van der Waals surface area contributed by atoms with E-state index in [2.05, 4.69) is 19.9 Å². The van der Waals surface area contributed by atoms with Gasteiger partial charge in [0.15, 0.2) is 0 Å². The zero-order chi connectivity index (χ0) is 44.9. The number of aryl methyl sites for hydroxylation is 2. The van der Waals surface area contributed by atoms with Crippen molar-refractivity contribution >= 4 is 35.2 Å². The standard InChI is InChI=1S/4C10H17NO3Si/c1-9(10-5-7-11-8-6-10)15(12-2,13-3)14-4;1-12-15(13-2,14-3)9-6-10-4-7-11-8-5-10;1-9(10-7-5-6-8-11-10)15(12-2,13-3)14-4;1-12-15(13-2,14-3)9-7-10-6-4-5-8-11-10/h5-9H,1-4H3;4-5,7-8H,6,9H2,1-3H3;5-9H,1-4H3;4-6,8H,7,9H2,1-3H3. The highest BCUT2D eigenvalue weighted by atomic mass is 28.4. The quantitative estimate of drug-likeness (QED) is 0.0818. The lowest BCUT2D eigenvalue weighted by Crippen LogP contribution is -2.48. The Morgan fingerprint density at radius 2 is 0.817 bits per heavy atom. The molecule has 0 aromatic carbocycles. The van der Waals surface area contributed by atoms with Crippen LogP contribution < -0.4 is 0 Å². The van der Waals surface area contributed by atoms with Crippen molar-refractivity contribution in [3.63, 3.8) is 0 Å². The maximum absolute atomic E-state index is 5.43. The summed E-state index contributed by atoms with van der Waals surface area (Å²) in [6, 6.07) is 21.0. The zero-order valence-corrected chi connectivity index (χ0v) is 41.9. The van der Waals surface area contributed by atoms with E-state index < -0.39 is 35.2 Å². The fraction of sp³-hybridized carbons (Fsp3) is 0.500. The fourth-order valence-electron chi connectivity index (χ4n) is 6.02. The van der Waals surface area contributed by atoms with E-state index >= 15 is 0 Å². The van der Waals surface area contributed by atoms with E-state index in [1.807, 2.05) is 74.5 Å². The average molecular weight is 909 g/mol. The van der Waals surface area contributed by atoms with Crippen LogP contribution in [0.25, 0.3) is 0 Å². The highest BCUT2D eigenvalue weighted by molar-refractivity contribution is 6.62. The third kappa shape index (κ3) is 17.0. The molecule has 0 spiro atoms. The number of rotatable bonds is 22. The topological polar surface area (TPSA) is 162 Å². The van der Waals surface area contributed by atoms with Crippen molar-refractivity contribution in [2.75, 3.05) is 85.3 Å². The van der Waals surface area contributed by atoms with Gasteiger partial charge in [-0.25, -0.2) is 0 Å². The summed E-state index contributed by atoms with van der Waals surface area (Å²) in [5.41, 5.74) is 4.41. The Morgan fingerprint density at radius 1 is 0.417 bits per heavy atom. The van der Waals surface area contributed by atoms with Gasteiger partial charge in [-0.05, 0) is 72.5 Å². The summed E-state index contributed by atoms with van der Waals surface area (Å²) in [5, 5.41) is 0. The Morgan fingerprint density at radius 3 is 1.20 bits per heavy atom. The molecule has 0 aliphatic rings. The van der Waals surface area contributed by atoms with Gasteiger partial charge in [0.05, 0.1) is 11.1 Å². The highest BCUT2D eigenvalue weighted by Crippen LogP contribution is 2.28. The molecule has 336 valence electrons. The zero-order valence-electron chi connectivity index (χ0n) is 37.9. The molecule has 0 aliphatic heterocycles. The van der Waals surface area contributed by atoms with Crippen LogP contribution in [-0.2, 0) is 66.0 Å². The second-order valence-corrected chi connectivity index (χ2v) is 25.5. The molecule has 0 amide bonds. The summed E-state index contributed by atoms with van der Waals surface area (Å²) in [7, 11) is 9.38. The van der Waals surface area contributed by atoms with Crippen molar-refractivity contribution in [1.82, 2.24) is 19.9 Å². The smallest absolute Gasteiger partial charge is 0.377 e. The van der Waals surface area contributed by atoms with Crippen LogP contribution in [0.1, 0.15) is 47.4 Å². The Labute approximate surface area is 362 Å².